The molecule has 1 aromatic carbocycles. The Kier molecular flexibility index (Phi) is 7.86. The highest BCUT2D eigenvalue weighted by Crippen LogP contribution is 2.33. The van der Waals surface area contributed by atoms with Crippen LogP contribution in [0.3, 0.4) is 0 Å². The van der Waals surface area contributed by atoms with Crippen molar-refractivity contribution in [2.24, 2.45) is 0 Å². The molecular formula is C19H29IN2O2. The van der Waals surface area contributed by atoms with E-state index < -0.39 is 5.41 Å². The van der Waals surface area contributed by atoms with Crippen LogP contribution in [-0.2, 0) is 15.0 Å². The number of hydrogen-bond donors (Lipinski definition) is 0. The fraction of sp³-hybridized carbons (Fsp3) is 0.579. The van der Waals surface area contributed by atoms with Crippen LogP contribution in [0.25, 0.3) is 0 Å². The SMILES string of the molecule is CC[N+](C)(CC)CC(=O)N1CCC(C=O)(c2ccccc2)CC1.[I-]. The zero-order valence-electron chi connectivity index (χ0n) is 15.0. The van der Waals surface area contributed by atoms with E-state index >= 15 is 0 Å². The van der Waals surface area contributed by atoms with Crippen LogP contribution >= 0.6 is 0 Å². The number of nitrogens with zero attached hydrogens (tertiary/aromatic N) is 2. The Hall–Kier alpha value is -0.950. The van der Waals surface area contributed by atoms with Gasteiger partial charge in [-0.15, -0.1) is 0 Å². The molecule has 0 radical (unpaired) electrons. The molecule has 24 heavy (non-hydrogen) atoms. The summed E-state index contributed by atoms with van der Waals surface area (Å²) in [4.78, 5) is 26.3. The number of aldehydes is 1. The minimum atomic E-state index is -0.425. The third kappa shape index (κ3) is 4.57. The molecule has 0 aliphatic carbocycles. The van der Waals surface area contributed by atoms with Gasteiger partial charge in [0.15, 0.2) is 6.54 Å². The topological polar surface area (TPSA) is 37.4 Å². The van der Waals surface area contributed by atoms with Crippen molar-refractivity contribution in [3.63, 3.8) is 0 Å². The van der Waals surface area contributed by atoms with Crippen LogP contribution in [0.4, 0.5) is 0 Å². The van der Waals surface area contributed by atoms with E-state index in [9.17, 15) is 9.59 Å². The van der Waals surface area contributed by atoms with Crippen molar-refractivity contribution in [3.05, 3.63) is 35.9 Å². The number of likely N-dealkylation sites (N-methyl/N-ethyl adjacent to an activating group) is 1. The van der Waals surface area contributed by atoms with Crippen molar-refractivity contribution in [3.8, 4) is 0 Å². The molecule has 0 spiro atoms. The van der Waals surface area contributed by atoms with Crippen molar-refractivity contribution in [2.75, 3.05) is 39.8 Å². The molecule has 1 aliphatic rings. The molecule has 0 aromatic heterocycles. The van der Waals surface area contributed by atoms with Gasteiger partial charge < -0.3 is 38.2 Å². The lowest BCUT2D eigenvalue weighted by atomic mass is 9.74. The fourth-order valence-corrected chi connectivity index (χ4v) is 3.27. The number of carbonyl (C=O) groups is 2. The Labute approximate surface area is 162 Å². The van der Waals surface area contributed by atoms with Crippen molar-refractivity contribution >= 4 is 12.2 Å². The molecule has 2 rings (SSSR count). The largest absolute Gasteiger partial charge is 1.00 e. The molecule has 1 aliphatic heterocycles. The normalized spacial score (nSPS) is 17.0. The molecule has 1 saturated heterocycles. The van der Waals surface area contributed by atoms with Crippen molar-refractivity contribution in [1.82, 2.24) is 4.90 Å². The zero-order valence-corrected chi connectivity index (χ0v) is 17.2. The second kappa shape index (κ2) is 8.94. The molecule has 1 heterocycles. The summed E-state index contributed by atoms with van der Waals surface area (Å²) >= 11 is 0. The highest BCUT2D eigenvalue weighted by atomic mass is 127. The molecule has 0 saturated carbocycles. The standard InChI is InChI=1S/C19H29N2O2.HI/c1-4-21(3,5-2)15-18(23)20-13-11-19(16-22,12-14-20)17-9-7-6-8-10-17;/h6-10,16H,4-5,11-15H2,1-3H3;1H/q+1;/p-1. The van der Waals surface area contributed by atoms with Gasteiger partial charge in [-0.05, 0) is 32.3 Å². The molecule has 134 valence electrons. The molecule has 5 heteroatoms. The van der Waals surface area contributed by atoms with Crippen molar-refractivity contribution < 1.29 is 38.0 Å². The van der Waals surface area contributed by atoms with Crippen LogP contribution in [-0.4, -0.2) is 61.3 Å². The average Bonchev–Trinajstić information content (AvgIpc) is 2.62. The van der Waals surface area contributed by atoms with Crippen molar-refractivity contribution in [2.45, 2.75) is 32.1 Å². The molecule has 1 aromatic rings. The van der Waals surface area contributed by atoms with Gasteiger partial charge in [0.1, 0.15) is 6.29 Å². The maximum absolute atomic E-state index is 12.6. The number of amides is 1. The predicted octanol–water partition coefficient (Wildman–Crippen LogP) is -0.764. The van der Waals surface area contributed by atoms with Crippen LogP contribution in [0.5, 0.6) is 0 Å². The fourth-order valence-electron chi connectivity index (χ4n) is 3.27. The van der Waals surface area contributed by atoms with E-state index in [2.05, 4.69) is 20.9 Å². The first-order valence-electron chi connectivity index (χ1n) is 8.62. The highest BCUT2D eigenvalue weighted by molar-refractivity contribution is 5.78. The van der Waals surface area contributed by atoms with Crippen molar-refractivity contribution in [1.29, 1.82) is 0 Å². The first-order chi connectivity index (χ1) is 11.0. The second-order valence-corrected chi connectivity index (χ2v) is 6.93. The number of hydrogen-bond acceptors (Lipinski definition) is 2. The van der Waals surface area contributed by atoms with Crippen LogP contribution in [0.2, 0.25) is 0 Å². The van der Waals surface area contributed by atoms with Gasteiger partial charge in [0.2, 0.25) is 0 Å². The van der Waals surface area contributed by atoms with Gasteiger partial charge in [-0.2, -0.15) is 0 Å². The molecular weight excluding hydrogens is 415 g/mol. The van der Waals surface area contributed by atoms with Crippen LogP contribution in [0.15, 0.2) is 30.3 Å². The van der Waals surface area contributed by atoms with Crippen LogP contribution in [0.1, 0.15) is 32.3 Å². The number of halogens is 1. The number of benzene rings is 1. The lowest BCUT2D eigenvalue weighted by molar-refractivity contribution is -0.898. The van der Waals surface area contributed by atoms with Crippen LogP contribution < -0.4 is 24.0 Å². The summed E-state index contributed by atoms with van der Waals surface area (Å²) in [6.45, 7) is 8.04. The molecule has 1 amide bonds. The Morgan fingerprint density at radius 1 is 1.17 bits per heavy atom. The Bertz CT molecular complexity index is 536. The summed E-state index contributed by atoms with van der Waals surface area (Å²) in [7, 11) is 2.13. The monoisotopic (exact) mass is 444 g/mol. The Morgan fingerprint density at radius 3 is 2.17 bits per heavy atom. The molecule has 1 fully saturated rings. The summed E-state index contributed by atoms with van der Waals surface area (Å²) in [5.41, 5.74) is 0.649. The molecule has 0 N–H and O–H groups in total. The van der Waals surface area contributed by atoms with E-state index in [1.54, 1.807) is 0 Å². The minimum absolute atomic E-state index is 0. The maximum atomic E-state index is 12.6. The summed E-state index contributed by atoms with van der Waals surface area (Å²) in [6, 6.07) is 9.96. The maximum Gasteiger partial charge on any atom is 0.277 e. The van der Waals surface area contributed by atoms with E-state index in [0.717, 1.165) is 29.4 Å². The zero-order chi connectivity index (χ0) is 16.9. The second-order valence-electron chi connectivity index (χ2n) is 6.93. The van der Waals surface area contributed by atoms with Gasteiger partial charge in [-0.25, -0.2) is 0 Å². The van der Waals surface area contributed by atoms with Gasteiger partial charge >= 0.3 is 0 Å². The summed E-state index contributed by atoms with van der Waals surface area (Å²) in [6.07, 6.45) is 2.52. The molecule has 0 bridgehead atoms. The minimum Gasteiger partial charge on any atom is -1.00 e. The molecule has 4 nitrogen and oxygen atoms in total. The molecule has 0 unspecified atom stereocenters. The summed E-state index contributed by atoms with van der Waals surface area (Å²) in [5.74, 6) is 0.212. The Balaban J connectivity index is 0.00000288. The lowest BCUT2D eigenvalue weighted by Crippen LogP contribution is -3.00. The van der Waals surface area contributed by atoms with Gasteiger partial charge in [-0.3, -0.25) is 4.79 Å². The number of carbonyl (C=O) groups excluding carboxylic acids is 2. The smallest absolute Gasteiger partial charge is 0.277 e. The van der Waals surface area contributed by atoms with Gasteiger partial charge in [0.25, 0.3) is 5.91 Å². The van der Waals surface area contributed by atoms with E-state index in [1.165, 1.54) is 0 Å². The highest BCUT2D eigenvalue weighted by Gasteiger charge is 2.38. The number of quaternary nitrogens is 1. The quantitative estimate of drug-likeness (QED) is 0.329. The number of rotatable bonds is 6. The predicted molar refractivity (Wildman–Crippen MR) is 92.1 cm³/mol. The summed E-state index contributed by atoms with van der Waals surface area (Å²) < 4.78 is 0.771. The average molecular weight is 444 g/mol. The lowest BCUT2D eigenvalue weighted by Gasteiger charge is -2.40. The van der Waals surface area contributed by atoms with E-state index in [0.29, 0.717) is 32.5 Å². The first-order valence-corrected chi connectivity index (χ1v) is 8.62. The number of piperidine rings is 1. The first kappa shape index (κ1) is 21.1. The summed E-state index contributed by atoms with van der Waals surface area (Å²) in [5, 5.41) is 0. The number of likely N-dealkylation sites (tertiary alicyclic amines) is 1. The van der Waals surface area contributed by atoms with E-state index in [4.69, 9.17) is 0 Å². The van der Waals surface area contributed by atoms with Gasteiger partial charge in [-0.1, -0.05) is 30.3 Å². The van der Waals surface area contributed by atoms with E-state index in [-0.39, 0.29) is 29.9 Å². The van der Waals surface area contributed by atoms with Crippen LogP contribution in [0, 0.1) is 0 Å². The Morgan fingerprint density at radius 2 is 1.71 bits per heavy atom. The van der Waals surface area contributed by atoms with E-state index in [1.807, 2.05) is 35.2 Å². The van der Waals surface area contributed by atoms with Gasteiger partial charge in [0.05, 0.1) is 25.6 Å². The van der Waals surface area contributed by atoms with Gasteiger partial charge in [0, 0.05) is 13.1 Å². The third-order valence-electron chi connectivity index (χ3n) is 5.63. The third-order valence-corrected chi connectivity index (χ3v) is 5.63. The molecule has 0 atom stereocenters.